The fraction of sp³-hybridized carbons (Fsp3) is 0.455. The Balaban J connectivity index is 2.77. The first-order valence-electron chi connectivity index (χ1n) is 4.99. The van der Waals surface area contributed by atoms with Crippen LogP contribution in [0, 0.1) is 0 Å². The van der Waals surface area contributed by atoms with Gasteiger partial charge in [-0.1, -0.05) is 12.1 Å². The first-order valence-corrected chi connectivity index (χ1v) is 7.30. The molecule has 0 aromatic heterocycles. The van der Waals surface area contributed by atoms with E-state index in [1.807, 2.05) is 30.8 Å². The third kappa shape index (κ3) is 3.05. The molecule has 0 aliphatic carbocycles. The molecular formula is C11H18O4Si. The minimum atomic E-state index is -2.21. The predicted molar refractivity (Wildman–Crippen MR) is 64.2 cm³/mol. The molecule has 0 heterocycles. The number of rotatable bonds is 6. The summed E-state index contributed by atoms with van der Waals surface area (Å²) in [5.74, 6) is 0.772. The summed E-state index contributed by atoms with van der Waals surface area (Å²) < 4.78 is 21.0. The Hall–Kier alpha value is -0.883. The Morgan fingerprint density at radius 1 is 1.00 bits per heavy atom. The number of benzene rings is 1. The summed E-state index contributed by atoms with van der Waals surface area (Å²) in [5.41, 5.74) is 0. The molecule has 0 aliphatic rings. The Kier molecular flexibility index (Phi) is 4.95. The van der Waals surface area contributed by atoms with E-state index in [1.54, 1.807) is 21.3 Å². The molecular weight excluding hydrogens is 224 g/mol. The highest BCUT2D eigenvalue weighted by Gasteiger charge is 2.31. The maximum absolute atomic E-state index is 5.45. The van der Waals surface area contributed by atoms with Crippen molar-refractivity contribution >= 4 is 13.7 Å². The van der Waals surface area contributed by atoms with Crippen molar-refractivity contribution in [1.82, 2.24) is 0 Å². The number of ether oxygens (including phenoxy) is 2. The lowest BCUT2D eigenvalue weighted by atomic mass is 10.3. The Labute approximate surface area is 97.3 Å². The van der Waals surface area contributed by atoms with Crippen LogP contribution in [0.25, 0.3) is 0 Å². The molecule has 0 saturated heterocycles. The molecule has 0 aliphatic heterocycles. The predicted octanol–water partition coefficient (Wildman–Crippen LogP) is 1.24. The van der Waals surface area contributed by atoms with Gasteiger partial charge in [-0.3, -0.25) is 0 Å². The lowest BCUT2D eigenvalue weighted by molar-refractivity contribution is 0.0511. The topological polar surface area (TPSA) is 36.9 Å². The van der Waals surface area contributed by atoms with Gasteiger partial charge in [0, 0.05) is 21.3 Å². The first kappa shape index (κ1) is 13.2. The van der Waals surface area contributed by atoms with Gasteiger partial charge < -0.3 is 18.3 Å². The van der Waals surface area contributed by atoms with E-state index in [4.69, 9.17) is 18.3 Å². The average Bonchev–Trinajstić information content (AvgIpc) is 2.36. The maximum Gasteiger partial charge on any atom is 0.368 e. The summed E-state index contributed by atoms with van der Waals surface area (Å²) in [5, 5.41) is 1.07. The van der Waals surface area contributed by atoms with Crippen LogP contribution in [0.3, 0.4) is 0 Å². The molecule has 0 unspecified atom stereocenters. The lowest BCUT2D eigenvalue weighted by Crippen LogP contribution is -2.49. The highest BCUT2D eigenvalue weighted by molar-refractivity contribution is 6.79. The Morgan fingerprint density at radius 3 is 2.00 bits per heavy atom. The van der Waals surface area contributed by atoms with Crippen LogP contribution in [-0.4, -0.2) is 36.7 Å². The van der Waals surface area contributed by atoms with E-state index in [2.05, 4.69) is 0 Å². The zero-order valence-electron chi connectivity index (χ0n) is 10.1. The summed E-state index contributed by atoms with van der Waals surface area (Å²) in [6.07, 6.45) is 0. The van der Waals surface area contributed by atoms with E-state index >= 15 is 0 Å². The molecule has 4 nitrogen and oxygen atoms in total. The van der Waals surface area contributed by atoms with Crippen molar-refractivity contribution < 1.29 is 18.3 Å². The van der Waals surface area contributed by atoms with Gasteiger partial charge in [-0.05, 0) is 23.9 Å². The van der Waals surface area contributed by atoms with Crippen molar-refractivity contribution in [2.75, 3.05) is 28.1 Å². The molecule has 1 aromatic rings. The minimum absolute atomic E-state index is 0.253. The highest BCUT2D eigenvalue weighted by atomic mass is 28.4. The van der Waals surface area contributed by atoms with Crippen LogP contribution >= 0.6 is 0 Å². The molecule has 0 N–H and O–H groups in total. The van der Waals surface area contributed by atoms with Crippen LogP contribution in [0.1, 0.15) is 0 Å². The third-order valence-electron chi connectivity index (χ3n) is 2.50. The van der Waals surface area contributed by atoms with Crippen LogP contribution in [-0.2, 0) is 13.6 Å². The van der Waals surface area contributed by atoms with Crippen molar-refractivity contribution in [1.29, 1.82) is 0 Å². The van der Waals surface area contributed by atoms with E-state index in [-0.39, 0.29) is 6.79 Å². The van der Waals surface area contributed by atoms with Crippen molar-refractivity contribution in [3.05, 3.63) is 24.3 Å². The lowest BCUT2D eigenvalue weighted by Gasteiger charge is -2.23. The normalized spacial score (nSPS) is 11.5. The Morgan fingerprint density at radius 2 is 1.56 bits per heavy atom. The van der Waals surface area contributed by atoms with E-state index in [1.165, 1.54) is 0 Å². The second kappa shape index (κ2) is 6.00. The smallest absolute Gasteiger partial charge is 0.368 e. The van der Waals surface area contributed by atoms with E-state index < -0.39 is 8.56 Å². The molecule has 0 bridgehead atoms. The van der Waals surface area contributed by atoms with Gasteiger partial charge in [0.2, 0.25) is 0 Å². The van der Waals surface area contributed by atoms with E-state index in [9.17, 15) is 0 Å². The van der Waals surface area contributed by atoms with Gasteiger partial charge in [0.15, 0.2) is 6.79 Å². The zero-order chi connectivity index (χ0) is 12.0. The largest absolute Gasteiger partial charge is 0.468 e. The van der Waals surface area contributed by atoms with Gasteiger partial charge in [0.05, 0.1) is 0 Å². The molecule has 0 fully saturated rings. The molecule has 0 saturated carbocycles. The molecule has 5 heteroatoms. The maximum atomic E-state index is 5.45. The number of hydrogen-bond acceptors (Lipinski definition) is 4. The summed E-state index contributed by atoms with van der Waals surface area (Å²) in [4.78, 5) is 0. The van der Waals surface area contributed by atoms with Crippen LogP contribution in [0.2, 0.25) is 6.55 Å². The van der Waals surface area contributed by atoms with Gasteiger partial charge >= 0.3 is 8.56 Å². The Bertz CT molecular complexity index is 308. The molecule has 90 valence electrons. The van der Waals surface area contributed by atoms with Crippen molar-refractivity contribution in [3.63, 3.8) is 0 Å². The van der Waals surface area contributed by atoms with Crippen LogP contribution in [0.4, 0.5) is 0 Å². The fourth-order valence-electron chi connectivity index (χ4n) is 1.30. The van der Waals surface area contributed by atoms with E-state index in [0.29, 0.717) is 0 Å². The second-order valence-corrected chi connectivity index (χ2v) is 6.71. The fourth-order valence-corrected chi connectivity index (χ4v) is 2.71. The number of hydrogen-bond donors (Lipinski definition) is 0. The summed E-state index contributed by atoms with van der Waals surface area (Å²) >= 11 is 0. The molecule has 0 spiro atoms. The van der Waals surface area contributed by atoms with E-state index in [0.717, 1.165) is 10.9 Å². The first-order chi connectivity index (χ1) is 7.66. The second-order valence-electron chi connectivity index (χ2n) is 3.43. The zero-order valence-corrected chi connectivity index (χ0v) is 11.1. The molecule has 0 atom stereocenters. The minimum Gasteiger partial charge on any atom is -0.468 e. The highest BCUT2D eigenvalue weighted by Crippen LogP contribution is 2.11. The average molecular weight is 242 g/mol. The SMILES string of the molecule is COCOc1ccc([Si](C)(OC)OC)cc1. The monoisotopic (exact) mass is 242 g/mol. The molecule has 1 aromatic carbocycles. The standard InChI is InChI=1S/C11H18O4Si/c1-12-9-15-10-5-7-11(8-6-10)16(4,13-2)14-3/h5-8H,9H2,1-4H3. The van der Waals surface area contributed by atoms with Crippen molar-refractivity contribution in [2.24, 2.45) is 0 Å². The quantitative estimate of drug-likeness (QED) is 0.555. The summed E-state index contributed by atoms with van der Waals surface area (Å²) in [6, 6.07) is 7.70. The van der Waals surface area contributed by atoms with Gasteiger partial charge in [0.1, 0.15) is 5.75 Å². The summed E-state index contributed by atoms with van der Waals surface area (Å²) in [6.45, 7) is 2.25. The molecule has 0 radical (unpaired) electrons. The van der Waals surface area contributed by atoms with Gasteiger partial charge in [-0.25, -0.2) is 0 Å². The van der Waals surface area contributed by atoms with Crippen LogP contribution in [0.5, 0.6) is 5.75 Å². The van der Waals surface area contributed by atoms with Crippen molar-refractivity contribution in [2.45, 2.75) is 6.55 Å². The molecule has 16 heavy (non-hydrogen) atoms. The number of methoxy groups -OCH3 is 1. The van der Waals surface area contributed by atoms with Crippen LogP contribution in [0.15, 0.2) is 24.3 Å². The third-order valence-corrected chi connectivity index (χ3v) is 5.44. The summed E-state index contributed by atoms with van der Waals surface area (Å²) in [7, 11) is 2.72. The van der Waals surface area contributed by atoms with Gasteiger partial charge in [-0.15, -0.1) is 0 Å². The van der Waals surface area contributed by atoms with Gasteiger partial charge in [-0.2, -0.15) is 0 Å². The van der Waals surface area contributed by atoms with Gasteiger partial charge in [0.25, 0.3) is 0 Å². The van der Waals surface area contributed by atoms with Crippen molar-refractivity contribution in [3.8, 4) is 5.75 Å². The van der Waals surface area contributed by atoms with Crippen LogP contribution < -0.4 is 9.92 Å². The molecule has 1 rings (SSSR count). The molecule has 0 amide bonds.